The van der Waals surface area contributed by atoms with Gasteiger partial charge in [-0.2, -0.15) is 5.26 Å². The SMILES string of the molecule is N#Cc1cc2c(nc1N1CCCC3CCCC31)CCC2. The van der Waals surface area contributed by atoms with Crippen LogP contribution in [0.15, 0.2) is 6.07 Å². The molecule has 20 heavy (non-hydrogen) atoms. The Morgan fingerprint density at radius 3 is 2.95 bits per heavy atom. The number of nitriles is 1. The first-order valence-electron chi connectivity index (χ1n) is 8.06. The van der Waals surface area contributed by atoms with E-state index in [2.05, 4.69) is 17.0 Å². The van der Waals surface area contributed by atoms with Gasteiger partial charge >= 0.3 is 0 Å². The van der Waals surface area contributed by atoms with E-state index >= 15 is 0 Å². The minimum atomic E-state index is 0.641. The molecule has 3 nitrogen and oxygen atoms in total. The summed E-state index contributed by atoms with van der Waals surface area (Å²) < 4.78 is 0. The Balaban J connectivity index is 1.75. The lowest BCUT2D eigenvalue weighted by atomic mass is 9.91. The highest BCUT2D eigenvalue weighted by Gasteiger charge is 2.36. The van der Waals surface area contributed by atoms with Crippen LogP contribution >= 0.6 is 0 Å². The number of aryl methyl sites for hydroxylation is 2. The summed E-state index contributed by atoms with van der Waals surface area (Å²) in [6.45, 7) is 1.08. The third-order valence-electron chi connectivity index (χ3n) is 5.42. The van der Waals surface area contributed by atoms with E-state index in [0.29, 0.717) is 6.04 Å². The first kappa shape index (κ1) is 12.2. The fourth-order valence-electron chi connectivity index (χ4n) is 4.48. The van der Waals surface area contributed by atoms with Crippen LogP contribution in [0.5, 0.6) is 0 Å². The molecule has 0 amide bonds. The normalized spacial score (nSPS) is 28.1. The summed E-state index contributed by atoms with van der Waals surface area (Å²) >= 11 is 0. The molecule has 0 aromatic carbocycles. The quantitative estimate of drug-likeness (QED) is 0.784. The van der Waals surface area contributed by atoms with Gasteiger partial charge < -0.3 is 4.90 Å². The molecule has 2 aliphatic carbocycles. The molecule has 3 aliphatic rings. The summed E-state index contributed by atoms with van der Waals surface area (Å²) in [5, 5.41) is 9.50. The second-order valence-electron chi connectivity index (χ2n) is 6.52. The number of piperidine rings is 1. The van der Waals surface area contributed by atoms with Crippen LogP contribution in [0.25, 0.3) is 0 Å². The maximum Gasteiger partial charge on any atom is 0.147 e. The summed E-state index contributed by atoms with van der Waals surface area (Å²) in [5.41, 5.74) is 3.36. The number of hydrogen-bond acceptors (Lipinski definition) is 3. The van der Waals surface area contributed by atoms with Crippen molar-refractivity contribution in [2.75, 3.05) is 11.4 Å². The van der Waals surface area contributed by atoms with Crippen LogP contribution in [0.4, 0.5) is 5.82 Å². The number of pyridine rings is 1. The van der Waals surface area contributed by atoms with Crippen molar-refractivity contribution in [2.24, 2.45) is 5.92 Å². The van der Waals surface area contributed by atoms with E-state index in [1.54, 1.807) is 0 Å². The van der Waals surface area contributed by atoms with E-state index < -0.39 is 0 Å². The predicted octanol–water partition coefficient (Wildman–Crippen LogP) is 3.21. The van der Waals surface area contributed by atoms with Crippen molar-refractivity contribution in [3.8, 4) is 6.07 Å². The minimum Gasteiger partial charge on any atom is -0.352 e. The van der Waals surface area contributed by atoms with Crippen molar-refractivity contribution in [1.29, 1.82) is 5.26 Å². The fourth-order valence-corrected chi connectivity index (χ4v) is 4.48. The van der Waals surface area contributed by atoms with Gasteiger partial charge in [0.05, 0.1) is 5.56 Å². The number of anilines is 1. The van der Waals surface area contributed by atoms with E-state index in [4.69, 9.17) is 4.98 Å². The lowest BCUT2D eigenvalue weighted by Crippen LogP contribution is -2.43. The van der Waals surface area contributed by atoms with Crippen molar-refractivity contribution in [3.63, 3.8) is 0 Å². The van der Waals surface area contributed by atoms with Crippen LogP contribution in [-0.4, -0.2) is 17.6 Å². The van der Waals surface area contributed by atoms with Gasteiger partial charge in [0, 0.05) is 18.3 Å². The molecule has 104 valence electrons. The molecule has 3 heteroatoms. The lowest BCUT2D eigenvalue weighted by Gasteiger charge is -2.39. The second-order valence-corrected chi connectivity index (χ2v) is 6.52. The summed E-state index contributed by atoms with van der Waals surface area (Å²) in [6.07, 6.45) is 10.0. The first-order valence-corrected chi connectivity index (χ1v) is 8.06. The average molecular weight is 267 g/mol. The van der Waals surface area contributed by atoms with E-state index in [-0.39, 0.29) is 0 Å². The zero-order chi connectivity index (χ0) is 13.5. The molecule has 0 bridgehead atoms. The van der Waals surface area contributed by atoms with E-state index in [0.717, 1.165) is 36.7 Å². The molecule has 1 aliphatic heterocycles. The van der Waals surface area contributed by atoms with Gasteiger partial charge in [-0.25, -0.2) is 4.98 Å². The Bertz CT molecular complexity index is 572. The predicted molar refractivity (Wildman–Crippen MR) is 78.7 cm³/mol. The molecule has 0 N–H and O–H groups in total. The van der Waals surface area contributed by atoms with E-state index in [9.17, 15) is 5.26 Å². The summed E-state index contributed by atoms with van der Waals surface area (Å²) in [4.78, 5) is 7.38. The second kappa shape index (κ2) is 4.77. The third kappa shape index (κ3) is 1.82. The highest BCUT2D eigenvalue weighted by Crippen LogP contribution is 2.40. The van der Waals surface area contributed by atoms with Crippen LogP contribution in [0.1, 0.15) is 55.3 Å². The van der Waals surface area contributed by atoms with Crippen molar-refractivity contribution in [2.45, 2.75) is 57.4 Å². The van der Waals surface area contributed by atoms with Gasteiger partial charge in [0.2, 0.25) is 0 Å². The largest absolute Gasteiger partial charge is 0.352 e. The first-order chi connectivity index (χ1) is 9.86. The molecule has 0 spiro atoms. The fraction of sp³-hybridized carbons (Fsp3) is 0.647. The number of hydrogen-bond donors (Lipinski definition) is 0. The Morgan fingerprint density at radius 1 is 1.15 bits per heavy atom. The molecule has 2 unspecified atom stereocenters. The molecule has 4 rings (SSSR count). The maximum absolute atomic E-state index is 9.50. The van der Waals surface area contributed by atoms with Gasteiger partial charge in [-0.3, -0.25) is 0 Å². The molecular weight excluding hydrogens is 246 g/mol. The van der Waals surface area contributed by atoms with Crippen LogP contribution < -0.4 is 4.90 Å². The molecule has 2 fully saturated rings. The zero-order valence-electron chi connectivity index (χ0n) is 11.9. The minimum absolute atomic E-state index is 0.641. The highest BCUT2D eigenvalue weighted by atomic mass is 15.2. The average Bonchev–Trinajstić information content (AvgIpc) is 3.13. The summed E-state index contributed by atoms with van der Waals surface area (Å²) in [5.74, 6) is 1.83. The molecule has 2 atom stereocenters. The monoisotopic (exact) mass is 267 g/mol. The molecule has 1 aromatic heterocycles. The third-order valence-corrected chi connectivity index (χ3v) is 5.42. The van der Waals surface area contributed by atoms with Crippen LogP contribution in [0.3, 0.4) is 0 Å². The van der Waals surface area contributed by atoms with Crippen LogP contribution in [0.2, 0.25) is 0 Å². The van der Waals surface area contributed by atoms with Crippen molar-refractivity contribution in [1.82, 2.24) is 4.98 Å². The van der Waals surface area contributed by atoms with E-state index in [1.807, 2.05) is 0 Å². The van der Waals surface area contributed by atoms with Crippen LogP contribution in [0, 0.1) is 17.2 Å². The summed E-state index contributed by atoms with van der Waals surface area (Å²) in [7, 11) is 0. The maximum atomic E-state index is 9.50. The lowest BCUT2D eigenvalue weighted by molar-refractivity contribution is 0.360. The zero-order valence-corrected chi connectivity index (χ0v) is 11.9. The highest BCUT2D eigenvalue weighted by molar-refractivity contribution is 5.58. The molecule has 1 aromatic rings. The molecule has 1 saturated heterocycles. The number of fused-ring (bicyclic) bond motifs is 2. The van der Waals surface area contributed by atoms with Gasteiger partial charge in [-0.15, -0.1) is 0 Å². The standard InChI is InChI=1S/C17H21N3/c18-11-14-10-13-5-1-7-15(13)19-17(14)20-9-3-6-12-4-2-8-16(12)20/h10,12,16H,1-9H2. The number of nitrogens with zero attached hydrogens (tertiary/aromatic N) is 3. The van der Waals surface area contributed by atoms with E-state index in [1.165, 1.54) is 49.8 Å². The Labute approximate surface area is 120 Å². The van der Waals surface area contributed by atoms with Crippen molar-refractivity contribution in [3.05, 3.63) is 22.9 Å². The van der Waals surface area contributed by atoms with Crippen LogP contribution in [-0.2, 0) is 12.8 Å². The Morgan fingerprint density at radius 2 is 2.05 bits per heavy atom. The van der Waals surface area contributed by atoms with Gasteiger partial charge in [0.1, 0.15) is 11.9 Å². The van der Waals surface area contributed by atoms with Gasteiger partial charge in [-0.05, 0) is 62.5 Å². The van der Waals surface area contributed by atoms with Gasteiger partial charge in [0.25, 0.3) is 0 Å². The Kier molecular flexibility index (Phi) is 2.91. The van der Waals surface area contributed by atoms with Gasteiger partial charge in [0.15, 0.2) is 0 Å². The molecule has 1 saturated carbocycles. The molecule has 2 heterocycles. The summed E-state index contributed by atoms with van der Waals surface area (Å²) in [6, 6.07) is 5.15. The topological polar surface area (TPSA) is 39.9 Å². The van der Waals surface area contributed by atoms with Crippen molar-refractivity contribution < 1.29 is 0 Å². The smallest absolute Gasteiger partial charge is 0.147 e. The number of rotatable bonds is 1. The Hall–Kier alpha value is -1.56. The van der Waals surface area contributed by atoms with Gasteiger partial charge in [-0.1, -0.05) is 6.42 Å². The number of aromatic nitrogens is 1. The molecular formula is C17H21N3. The van der Waals surface area contributed by atoms with Crippen molar-refractivity contribution >= 4 is 5.82 Å². The molecule has 0 radical (unpaired) electrons.